The maximum atomic E-state index is 12.7. The van der Waals surface area contributed by atoms with Gasteiger partial charge in [0.25, 0.3) is 11.8 Å². The molecular weight excluding hydrogens is 360 g/mol. The molecule has 1 aliphatic rings. The molecule has 6 nitrogen and oxygen atoms in total. The summed E-state index contributed by atoms with van der Waals surface area (Å²) in [7, 11) is 3.94. The summed E-state index contributed by atoms with van der Waals surface area (Å²) in [6.07, 6.45) is 0. The molecule has 2 heterocycles. The molecule has 27 heavy (non-hydrogen) atoms. The first-order valence-corrected chi connectivity index (χ1v) is 10.1. The fourth-order valence-corrected chi connectivity index (χ4v) is 3.73. The summed E-state index contributed by atoms with van der Waals surface area (Å²) < 4.78 is 0. The standard InChI is InChI=1S/C20H26N4O2S/c1-22(2)18-5-3-4-16(14-18)20(26)24-11-9-23(10-12-24)8-7-21-19(25)17-6-13-27-15-17/h3-6,13-15H,7-12H2,1-2H3,(H,21,25). The quantitative estimate of drug-likeness (QED) is 0.825. The van der Waals surface area contributed by atoms with Crippen molar-refractivity contribution in [2.45, 2.75) is 0 Å². The van der Waals surface area contributed by atoms with Crippen molar-refractivity contribution in [2.24, 2.45) is 0 Å². The third-order valence-electron chi connectivity index (χ3n) is 4.77. The summed E-state index contributed by atoms with van der Waals surface area (Å²) >= 11 is 1.52. The van der Waals surface area contributed by atoms with Crippen LogP contribution in [0, 0.1) is 0 Å². The first-order valence-electron chi connectivity index (χ1n) is 9.14. The van der Waals surface area contributed by atoms with Gasteiger partial charge in [-0.05, 0) is 29.6 Å². The summed E-state index contributed by atoms with van der Waals surface area (Å²) in [4.78, 5) is 30.9. The highest BCUT2D eigenvalue weighted by atomic mass is 32.1. The van der Waals surface area contributed by atoms with Gasteiger partial charge in [-0.15, -0.1) is 0 Å². The summed E-state index contributed by atoms with van der Waals surface area (Å²) in [5.41, 5.74) is 2.48. The lowest BCUT2D eigenvalue weighted by Crippen LogP contribution is -2.50. The molecule has 1 aromatic carbocycles. The summed E-state index contributed by atoms with van der Waals surface area (Å²) in [6, 6.07) is 9.57. The van der Waals surface area contributed by atoms with Gasteiger partial charge in [-0.1, -0.05) is 6.07 Å². The lowest BCUT2D eigenvalue weighted by molar-refractivity contribution is 0.0638. The molecule has 144 valence electrons. The van der Waals surface area contributed by atoms with Gasteiger partial charge in [-0.2, -0.15) is 11.3 Å². The van der Waals surface area contributed by atoms with Crippen LogP contribution < -0.4 is 10.2 Å². The monoisotopic (exact) mass is 386 g/mol. The second kappa shape index (κ2) is 9.01. The van der Waals surface area contributed by atoms with Crippen LogP contribution >= 0.6 is 11.3 Å². The smallest absolute Gasteiger partial charge is 0.254 e. The Morgan fingerprint density at radius 1 is 1.11 bits per heavy atom. The molecule has 0 atom stereocenters. The minimum absolute atomic E-state index is 0.0224. The van der Waals surface area contributed by atoms with Crippen molar-refractivity contribution in [1.29, 1.82) is 0 Å². The van der Waals surface area contributed by atoms with E-state index >= 15 is 0 Å². The Labute approximate surface area is 164 Å². The Balaban J connectivity index is 1.44. The number of hydrogen-bond donors (Lipinski definition) is 1. The molecule has 3 rings (SSSR count). The number of thiophene rings is 1. The van der Waals surface area contributed by atoms with Crippen LogP contribution in [0.4, 0.5) is 5.69 Å². The van der Waals surface area contributed by atoms with E-state index in [0.29, 0.717) is 19.6 Å². The van der Waals surface area contributed by atoms with E-state index < -0.39 is 0 Å². The maximum Gasteiger partial charge on any atom is 0.254 e. The van der Waals surface area contributed by atoms with Crippen molar-refractivity contribution in [3.63, 3.8) is 0 Å². The Morgan fingerprint density at radius 2 is 1.89 bits per heavy atom. The van der Waals surface area contributed by atoms with Gasteiger partial charge in [0, 0.05) is 75.6 Å². The van der Waals surface area contributed by atoms with Gasteiger partial charge < -0.3 is 15.1 Å². The molecule has 1 aliphatic heterocycles. The predicted molar refractivity (Wildman–Crippen MR) is 110 cm³/mol. The number of carbonyl (C=O) groups excluding carboxylic acids is 2. The zero-order valence-electron chi connectivity index (χ0n) is 15.9. The van der Waals surface area contributed by atoms with Crippen molar-refractivity contribution in [1.82, 2.24) is 15.1 Å². The van der Waals surface area contributed by atoms with Gasteiger partial charge >= 0.3 is 0 Å². The Kier molecular flexibility index (Phi) is 6.47. The van der Waals surface area contributed by atoms with Gasteiger partial charge in [-0.3, -0.25) is 14.5 Å². The van der Waals surface area contributed by atoms with Crippen LogP contribution in [0.3, 0.4) is 0 Å². The van der Waals surface area contributed by atoms with Gasteiger partial charge in [0.2, 0.25) is 0 Å². The van der Waals surface area contributed by atoms with Gasteiger partial charge in [0.1, 0.15) is 0 Å². The number of piperazine rings is 1. The maximum absolute atomic E-state index is 12.7. The summed E-state index contributed by atoms with van der Waals surface area (Å²) in [5, 5.41) is 6.70. The normalized spacial score (nSPS) is 14.8. The van der Waals surface area contributed by atoms with E-state index in [-0.39, 0.29) is 11.8 Å². The highest BCUT2D eigenvalue weighted by molar-refractivity contribution is 7.08. The average Bonchev–Trinajstić information content (AvgIpc) is 3.23. The van der Waals surface area contributed by atoms with E-state index in [4.69, 9.17) is 0 Å². The highest BCUT2D eigenvalue weighted by Crippen LogP contribution is 2.16. The third kappa shape index (κ3) is 5.08. The highest BCUT2D eigenvalue weighted by Gasteiger charge is 2.22. The number of nitrogens with zero attached hydrogens (tertiary/aromatic N) is 3. The van der Waals surface area contributed by atoms with Crippen LogP contribution in [0.25, 0.3) is 0 Å². The number of benzene rings is 1. The average molecular weight is 387 g/mol. The number of anilines is 1. The Bertz CT molecular complexity index is 768. The first-order chi connectivity index (χ1) is 13.0. The molecule has 0 unspecified atom stereocenters. The van der Waals surface area contributed by atoms with E-state index in [1.807, 2.05) is 65.0 Å². The lowest BCUT2D eigenvalue weighted by atomic mass is 10.1. The van der Waals surface area contributed by atoms with Gasteiger partial charge in [0.05, 0.1) is 0 Å². The molecule has 0 saturated carbocycles. The number of hydrogen-bond acceptors (Lipinski definition) is 5. The third-order valence-corrected chi connectivity index (χ3v) is 5.45. The molecule has 7 heteroatoms. The number of rotatable bonds is 6. The number of nitrogens with one attached hydrogen (secondary N) is 1. The van der Waals surface area contributed by atoms with Gasteiger partial charge in [-0.25, -0.2) is 0 Å². The molecule has 0 radical (unpaired) electrons. The number of carbonyl (C=O) groups is 2. The zero-order chi connectivity index (χ0) is 19.2. The zero-order valence-corrected chi connectivity index (χ0v) is 16.7. The second-order valence-corrected chi connectivity index (χ2v) is 7.63. The van der Waals surface area contributed by atoms with Gasteiger partial charge in [0.15, 0.2) is 0 Å². The van der Waals surface area contributed by atoms with E-state index in [1.54, 1.807) is 0 Å². The van der Waals surface area contributed by atoms with Crippen LogP contribution in [0.15, 0.2) is 41.1 Å². The molecule has 2 amide bonds. The van der Waals surface area contributed by atoms with E-state index in [1.165, 1.54) is 11.3 Å². The van der Waals surface area contributed by atoms with E-state index in [0.717, 1.165) is 36.4 Å². The Hall–Kier alpha value is -2.38. The number of amides is 2. The van der Waals surface area contributed by atoms with Crippen molar-refractivity contribution >= 4 is 28.8 Å². The fourth-order valence-electron chi connectivity index (χ4n) is 3.10. The van der Waals surface area contributed by atoms with Crippen LogP contribution in [-0.2, 0) is 0 Å². The largest absolute Gasteiger partial charge is 0.378 e. The minimum atomic E-state index is -0.0224. The molecule has 1 aromatic heterocycles. The molecule has 0 spiro atoms. The molecule has 2 aromatic rings. The SMILES string of the molecule is CN(C)c1cccc(C(=O)N2CCN(CCNC(=O)c3ccsc3)CC2)c1. The van der Waals surface area contributed by atoms with E-state index in [9.17, 15) is 9.59 Å². The summed E-state index contributed by atoms with van der Waals surface area (Å²) in [6.45, 7) is 4.50. The van der Waals surface area contributed by atoms with E-state index in [2.05, 4.69) is 10.2 Å². The lowest BCUT2D eigenvalue weighted by Gasteiger charge is -2.34. The van der Waals surface area contributed by atoms with Crippen LogP contribution in [0.2, 0.25) is 0 Å². The molecular formula is C20H26N4O2S. The van der Waals surface area contributed by atoms with Crippen LogP contribution in [0.1, 0.15) is 20.7 Å². The van der Waals surface area contributed by atoms with Crippen LogP contribution in [-0.4, -0.2) is 75.0 Å². The molecule has 0 aliphatic carbocycles. The van der Waals surface area contributed by atoms with Crippen molar-refractivity contribution < 1.29 is 9.59 Å². The molecule has 0 bridgehead atoms. The summed E-state index contributed by atoms with van der Waals surface area (Å²) in [5.74, 6) is 0.0648. The predicted octanol–water partition coefficient (Wildman–Crippen LogP) is 2.00. The van der Waals surface area contributed by atoms with Crippen molar-refractivity contribution in [3.05, 3.63) is 52.2 Å². The molecule has 1 N–H and O–H groups in total. The fraction of sp³-hybridized carbons (Fsp3) is 0.400. The topological polar surface area (TPSA) is 55.9 Å². The second-order valence-electron chi connectivity index (χ2n) is 6.85. The first kappa shape index (κ1) is 19.4. The van der Waals surface area contributed by atoms with Crippen molar-refractivity contribution in [3.8, 4) is 0 Å². The Morgan fingerprint density at radius 3 is 2.56 bits per heavy atom. The minimum Gasteiger partial charge on any atom is -0.378 e. The molecule has 1 fully saturated rings. The molecule has 1 saturated heterocycles. The van der Waals surface area contributed by atoms with Crippen LogP contribution in [0.5, 0.6) is 0 Å². The van der Waals surface area contributed by atoms with Crippen molar-refractivity contribution in [2.75, 3.05) is 58.3 Å².